The molecule has 4 atom stereocenters. The van der Waals surface area contributed by atoms with Crippen LogP contribution in [0, 0.1) is 0 Å². The lowest BCUT2D eigenvalue weighted by Gasteiger charge is -2.36. The molecule has 0 saturated carbocycles. The van der Waals surface area contributed by atoms with Gasteiger partial charge in [-0.25, -0.2) is 4.79 Å². The number of benzene rings is 2. The van der Waals surface area contributed by atoms with E-state index in [4.69, 9.17) is 10.5 Å². The van der Waals surface area contributed by atoms with Crippen molar-refractivity contribution in [1.29, 1.82) is 0 Å². The van der Waals surface area contributed by atoms with Gasteiger partial charge in [0, 0.05) is 18.7 Å². The Morgan fingerprint density at radius 2 is 1.70 bits per heavy atom. The van der Waals surface area contributed by atoms with E-state index in [9.17, 15) is 24.0 Å². The molecule has 0 aliphatic carbocycles. The highest BCUT2D eigenvalue weighted by atomic mass is 16.5. The number of fused-ring (bicyclic) bond motifs is 1. The first kappa shape index (κ1) is 31.5. The molecule has 11 nitrogen and oxygen atoms in total. The quantitative estimate of drug-likeness (QED) is 0.197. The summed E-state index contributed by atoms with van der Waals surface area (Å²) in [6, 6.07) is 13.1. The molecule has 0 aromatic heterocycles. The largest absolute Gasteiger partial charge is 0.462 e. The monoisotopic (exact) mass is 591 g/mol. The summed E-state index contributed by atoms with van der Waals surface area (Å²) in [5.74, 6) is -2.14. The lowest BCUT2D eigenvalue weighted by Crippen LogP contribution is -2.65. The van der Waals surface area contributed by atoms with E-state index in [1.165, 1.54) is 4.90 Å². The van der Waals surface area contributed by atoms with Crippen LogP contribution >= 0.6 is 0 Å². The molecule has 4 amide bonds. The van der Waals surface area contributed by atoms with Gasteiger partial charge in [0.05, 0.1) is 12.2 Å². The number of hydrogen-bond acceptors (Lipinski definition) is 7. The van der Waals surface area contributed by atoms with Crippen molar-refractivity contribution < 1.29 is 28.7 Å². The topological polar surface area (TPSA) is 160 Å². The zero-order valence-electron chi connectivity index (χ0n) is 24.8. The molecule has 0 unspecified atom stereocenters. The van der Waals surface area contributed by atoms with Crippen molar-refractivity contribution in [2.24, 2.45) is 0 Å². The zero-order valence-corrected chi connectivity index (χ0v) is 24.8. The molecular weight excluding hydrogens is 550 g/mol. The van der Waals surface area contributed by atoms with E-state index < -0.39 is 47.4 Å². The van der Waals surface area contributed by atoms with E-state index >= 15 is 0 Å². The highest BCUT2D eigenvalue weighted by Crippen LogP contribution is 2.22. The molecule has 43 heavy (non-hydrogen) atoms. The van der Waals surface area contributed by atoms with Crippen molar-refractivity contribution in [3.8, 4) is 0 Å². The molecule has 0 spiro atoms. The highest BCUT2D eigenvalue weighted by molar-refractivity contribution is 5.99. The molecule has 230 valence electrons. The highest BCUT2D eigenvalue weighted by Gasteiger charge is 2.43. The molecule has 2 aromatic carbocycles. The van der Waals surface area contributed by atoms with E-state index in [1.807, 2.05) is 6.07 Å². The average molecular weight is 592 g/mol. The molecule has 5 N–H and O–H groups in total. The van der Waals surface area contributed by atoms with Crippen molar-refractivity contribution in [3.05, 3.63) is 65.7 Å². The third kappa shape index (κ3) is 7.91. The number of carbonyl (C=O) groups excluding carboxylic acids is 5. The number of anilines is 1. The maximum Gasteiger partial charge on any atom is 0.338 e. The summed E-state index contributed by atoms with van der Waals surface area (Å²) in [7, 11) is 0. The minimum Gasteiger partial charge on any atom is -0.462 e. The molecule has 2 fully saturated rings. The fourth-order valence-corrected chi connectivity index (χ4v) is 5.38. The van der Waals surface area contributed by atoms with E-state index in [-0.39, 0.29) is 31.8 Å². The number of nitrogens with one attached hydrogen (secondary N) is 3. The Balaban J connectivity index is 1.48. The fraction of sp³-hybridized carbons (Fsp3) is 0.469. The van der Waals surface area contributed by atoms with Gasteiger partial charge >= 0.3 is 5.97 Å². The average Bonchev–Trinajstić information content (AvgIpc) is 3.50. The number of nitrogens with zero attached hydrogens (tertiary/aromatic N) is 1. The van der Waals surface area contributed by atoms with Crippen molar-refractivity contribution in [3.63, 3.8) is 0 Å². The maximum absolute atomic E-state index is 13.8. The number of hydrogen-bond donors (Lipinski definition) is 4. The number of unbranched alkanes of at least 4 members (excludes halogenated alkanes) is 1. The van der Waals surface area contributed by atoms with Crippen LogP contribution < -0.4 is 21.7 Å². The summed E-state index contributed by atoms with van der Waals surface area (Å²) < 4.78 is 5.34. The third-order valence-corrected chi connectivity index (χ3v) is 8.23. The minimum atomic E-state index is -1.32. The summed E-state index contributed by atoms with van der Waals surface area (Å²) >= 11 is 0. The summed E-state index contributed by atoms with van der Waals surface area (Å²) in [6.45, 7) is 3.91. The summed E-state index contributed by atoms with van der Waals surface area (Å²) in [4.78, 5) is 68.2. The third-order valence-electron chi connectivity index (χ3n) is 8.23. The van der Waals surface area contributed by atoms with Crippen LogP contribution in [-0.4, -0.2) is 71.3 Å². The van der Waals surface area contributed by atoms with Crippen LogP contribution in [0.3, 0.4) is 0 Å². The summed E-state index contributed by atoms with van der Waals surface area (Å²) in [6.07, 6.45) is 2.77. The predicted octanol–water partition coefficient (Wildman–Crippen LogP) is 2.10. The molecule has 2 aromatic rings. The van der Waals surface area contributed by atoms with Crippen LogP contribution in [0.1, 0.15) is 68.3 Å². The Morgan fingerprint density at radius 1 is 0.977 bits per heavy atom. The number of nitrogen functional groups attached to an aromatic ring is 1. The van der Waals surface area contributed by atoms with Gasteiger partial charge in [-0.05, 0) is 75.3 Å². The lowest BCUT2D eigenvalue weighted by molar-refractivity contribution is -0.144. The second-order valence-corrected chi connectivity index (χ2v) is 11.4. The first-order valence-corrected chi connectivity index (χ1v) is 14.9. The van der Waals surface area contributed by atoms with Crippen molar-refractivity contribution >= 4 is 35.3 Å². The number of carbonyl (C=O) groups is 5. The van der Waals surface area contributed by atoms with Gasteiger partial charge in [-0.3, -0.25) is 19.2 Å². The van der Waals surface area contributed by atoms with E-state index in [1.54, 1.807) is 62.4 Å². The van der Waals surface area contributed by atoms with Gasteiger partial charge in [-0.15, -0.1) is 0 Å². The fourth-order valence-electron chi connectivity index (χ4n) is 5.38. The molecular formula is C32H41N5O6. The Bertz CT molecular complexity index is 1320. The minimum absolute atomic E-state index is 0.158. The molecule has 2 aliphatic rings. The first-order chi connectivity index (χ1) is 20.6. The Labute approximate surface area is 251 Å². The summed E-state index contributed by atoms with van der Waals surface area (Å²) in [5.41, 5.74) is 6.33. The van der Waals surface area contributed by atoms with E-state index in [0.29, 0.717) is 43.5 Å². The number of esters is 1. The van der Waals surface area contributed by atoms with Crippen LogP contribution in [0.25, 0.3) is 0 Å². The SMILES string of the molecule is CC[C@]1(C)NC(=O)[C@H](CCCCOC(=O)c2ccccc2)NC(=O)[C@H]2CCCN2C(=O)[C@H](Cc2ccc(N)cc2)NC1=O. The number of amides is 4. The summed E-state index contributed by atoms with van der Waals surface area (Å²) in [5, 5.41) is 8.57. The van der Waals surface area contributed by atoms with Crippen molar-refractivity contribution in [1.82, 2.24) is 20.9 Å². The van der Waals surface area contributed by atoms with Gasteiger partial charge in [-0.2, -0.15) is 0 Å². The molecule has 2 aliphatic heterocycles. The van der Waals surface area contributed by atoms with Crippen LogP contribution in [0.4, 0.5) is 5.69 Å². The molecule has 0 bridgehead atoms. The smallest absolute Gasteiger partial charge is 0.338 e. The van der Waals surface area contributed by atoms with Crippen LogP contribution in [-0.2, 0) is 30.3 Å². The Morgan fingerprint density at radius 3 is 2.40 bits per heavy atom. The normalized spacial score (nSPS) is 24.6. The first-order valence-electron chi connectivity index (χ1n) is 14.9. The maximum atomic E-state index is 13.8. The molecule has 2 heterocycles. The van der Waals surface area contributed by atoms with Gasteiger partial charge in [-0.1, -0.05) is 37.3 Å². The van der Waals surface area contributed by atoms with Gasteiger partial charge in [0.1, 0.15) is 23.7 Å². The van der Waals surface area contributed by atoms with Gasteiger partial charge in [0.2, 0.25) is 23.6 Å². The number of rotatable bonds is 9. The number of ether oxygens (including phenoxy) is 1. The van der Waals surface area contributed by atoms with Crippen LogP contribution in [0.15, 0.2) is 54.6 Å². The molecule has 2 saturated heterocycles. The predicted molar refractivity (Wildman–Crippen MR) is 161 cm³/mol. The van der Waals surface area contributed by atoms with E-state index in [2.05, 4.69) is 16.0 Å². The van der Waals surface area contributed by atoms with E-state index in [0.717, 1.165) is 5.56 Å². The van der Waals surface area contributed by atoms with Crippen LogP contribution in [0.5, 0.6) is 0 Å². The van der Waals surface area contributed by atoms with Gasteiger partial charge in [0.25, 0.3) is 0 Å². The number of nitrogens with two attached hydrogens (primary N) is 1. The second kappa shape index (κ2) is 14.2. The van der Waals surface area contributed by atoms with Crippen molar-refractivity contribution in [2.45, 2.75) is 82.5 Å². The molecule has 11 heteroatoms. The zero-order chi connectivity index (χ0) is 31.0. The van der Waals surface area contributed by atoms with Gasteiger partial charge < -0.3 is 31.3 Å². The Kier molecular flexibility index (Phi) is 10.4. The molecule has 0 radical (unpaired) electrons. The lowest BCUT2D eigenvalue weighted by atomic mass is 9.94. The van der Waals surface area contributed by atoms with Crippen molar-refractivity contribution in [2.75, 3.05) is 18.9 Å². The van der Waals surface area contributed by atoms with Gasteiger partial charge in [0.15, 0.2) is 0 Å². The van der Waals surface area contributed by atoms with Crippen LogP contribution in [0.2, 0.25) is 0 Å². The molecule has 4 rings (SSSR count). The standard InChI is InChI=1S/C32H41N5O6/c1-3-32(2)31(42)35-25(20-21-14-16-23(33)17-15-21)29(40)37-18-9-13-26(37)28(39)34-24(27(38)36-32)12-7-8-19-43-30(41)22-10-5-4-6-11-22/h4-6,10-11,14-17,24-26H,3,7-9,12-13,18-20,33H2,1-2H3,(H,34,39)(H,35,42)(H,36,38)/t24-,25-,26+,32-/m0/s1. The Hall–Kier alpha value is -4.41. The second-order valence-electron chi connectivity index (χ2n) is 11.4.